The average Bonchev–Trinajstić information content (AvgIpc) is 2.72. The van der Waals surface area contributed by atoms with Gasteiger partial charge in [0.2, 0.25) is 10.0 Å². The van der Waals surface area contributed by atoms with Crippen LogP contribution in [-0.2, 0) is 14.8 Å². The summed E-state index contributed by atoms with van der Waals surface area (Å²) in [6.07, 6.45) is 2.86. The highest BCUT2D eigenvalue weighted by Gasteiger charge is 2.28. The van der Waals surface area contributed by atoms with Crippen LogP contribution in [0.15, 0.2) is 35.7 Å². The van der Waals surface area contributed by atoms with Crippen LogP contribution in [0.4, 0.5) is 14.9 Å². The lowest BCUT2D eigenvalue weighted by atomic mass is 9.97. The first kappa shape index (κ1) is 23.5. The van der Waals surface area contributed by atoms with Crippen molar-refractivity contribution in [2.75, 3.05) is 44.2 Å². The summed E-state index contributed by atoms with van der Waals surface area (Å²) in [5.41, 5.74) is 0.369. The zero-order valence-corrected chi connectivity index (χ0v) is 19.3. The maximum absolute atomic E-state index is 13.1. The van der Waals surface area contributed by atoms with Gasteiger partial charge in [-0.3, -0.25) is 0 Å². The highest BCUT2D eigenvalue weighted by atomic mass is 32.2. The predicted molar refractivity (Wildman–Crippen MR) is 119 cm³/mol. The Morgan fingerprint density at radius 2 is 1.61 bits per heavy atom. The summed E-state index contributed by atoms with van der Waals surface area (Å²) in [6.45, 7) is 8.53. The second-order valence-corrected chi connectivity index (χ2v) is 10.9. The lowest BCUT2D eigenvalue weighted by molar-refractivity contribution is 0.0197. The molecule has 0 spiro atoms. The van der Waals surface area contributed by atoms with E-state index in [2.05, 4.69) is 4.90 Å². The Morgan fingerprint density at radius 1 is 1.03 bits per heavy atom. The Hall–Kier alpha value is -2.13. The Labute approximate surface area is 184 Å². The molecule has 0 N–H and O–H groups in total. The van der Waals surface area contributed by atoms with Crippen molar-refractivity contribution in [1.29, 1.82) is 0 Å². The first-order valence-electron chi connectivity index (χ1n) is 10.7. The van der Waals surface area contributed by atoms with Crippen LogP contribution in [0.1, 0.15) is 33.6 Å². The summed E-state index contributed by atoms with van der Waals surface area (Å²) >= 11 is 0. The predicted octanol–water partition coefficient (Wildman–Crippen LogP) is 3.44. The molecule has 0 bridgehead atoms. The minimum Gasteiger partial charge on any atom is -0.444 e. The molecule has 31 heavy (non-hydrogen) atoms. The Morgan fingerprint density at radius 3 is 2.16 bits per heavy atom. The number of allylic oxidation sites excluding steroid dienone is 1. The molecule has 3 rings (SSSR count). The minimum atomic E-state index is -3.49. The van der Waals surface area contributed by atoms with Gasteiger partial charge >= 0.3 is 6.09 Å². The molecule has 2 heterocycles. The van der Waals surface area contributed by atoms with Gasteiger partial charge in [-0.1, -0.05) is 6.08 Å². The molecule has 0 unspecified atom stereocenters. The van der Waals surface area contributed by atoms with Crippen molar-refractivity contribution < 1.29 is 22.3 Å². The zero-order valence-electron chi connectivity index (χ0n) is 18.5. The fourth-order valence-corrected chi connectivity index (χ4v) is 5.02. The number of amides is 1. The van der Waals surface area contributed by atoms with Crippen molar-refractivity contribution in [3.8, 4) is 0 Å². The van der Waals surface area contributed by atoms with Crippen molar-refractivity contribution in [2.24, 2.45) is 5.92 Å². The first-order chi connectivity index (χ1) is 14.5. The maximum atomic E-state index is 13.1. The number of piperidine rings is 1. The summed E-state index contributed by atoms with van der Waals surface area (Å²) < 4.78 is 45.4. The number of piperazine rings is 1. The van der Waals surface area contributed by atoms with Crippen LogP contribution >= 0.6 is 0 Å². The highest BCUT2D eigenvalue weighted by molar-refractivity contribution is 7.92. The van der Waals surface area contributed by atoms with E-state index in [4.69, 9.17) is 4.74 Å². The monoisotopic (exact) mass is 453 g/mol. The zero-order chi connectivity index (χ0) is 22.6. The van der Waals surface area contributed by atoms with Crippen LogP contribution in [0.3, 0.4) is 0 Å². The molecular weight excluding hydrogens is 421 g/mol. The molecule has 1 amide bonds. The largest absolute Gasteiger partial charge is 0.444 e. The van der Waals surface area contributed by atoms with Gasteiger partial charge in [-0.2, -0.15) is 4.31 Å². The van der Waals surface area contributed by atoms with Gasteiger partial charge in [0.25, 0.3) is 0 Å². The molecule has 172 valence electrons. The molecule has 2 aliphatic heterocycles. The van der Waals surface area contributed by atoms with E-state index in [0.717, 1.165) is 5.69 Å². The topological polar surface area (TPSA) is 70.2 Å². The molecule has 2 aliphatic rings. The molecule has 7 nitrogen and oxygen atoms in total. The summed E-state index contributed by atoms with van der Waals surface area (Å²) in [7, 11) is -3.49. The molecule has 2 fully saturated rings. The molecule has 0 atom stereocenters. The van der Waals surface area contributed by atoms with Gasteiger partial charge in [-0.15, -0.1) is 0 Å². The van der Waals surface area contributed by atoms with Crippen LogP contribution < -0.4 is 4.90 Å². The number of ether oxygens (including phenoxy) is 1. The van der Waals surface area contributed by atoms with Crippen molar-refractivity contribution in [3.63, 3.8) is 0 Å². The average molecular weight is 454 g/mol. The number of carbonyl (C=O) groups excluding carboxylic acids is 1. The third-order valence-corrected chi connectivity index (χ3v) is 7.09. The van der Waals surface area contributed by atoms with Gasteiger partial charge in [-0.25, -0.2) is 17.6 Å². The van der Waals surface area contributed by atoms with E-state index in [1.807, 2.05) is 20.8 Å². The van der Waals surface area contributed by atoms with Crippen molar-refractivity contribution in [3.05, 3.63) is 41.6 Å². The van der Waals surface area contributed by atoms with Gasteiger partial charge in [-0.05, 0) is 63.8 Å². The highest BCUT2D eigenvalue weighted by Crippen LogP contribution is 2.22. The van der Waals surface area contributed by atoms with E-state index < -0.39 is 15.6 Å². The minimum absolute atomic E-state index is 0.119. The van der Waals surface area contributed by atoms with Gasteiger partial charge < -0.3 is 14.5 Å². The first-order valence-corrected chi connectivity index (χ1v) is 12.2. The maximum Gasteiger partial charge on any atom is 0.410 e. The van der Waals surface area contributed by atoms with Gasteiger partial charge in [0, 0.05) is 50.4 Å². The fraction of sp³-hybridized carbons (Fsp3) is 0.591. The molecule has 0 aromatic heterocycles. The van der Waals surface area contributed by atoms with Crippen molar-refractivity contribution in [2.45, 2.75) is 39.2 Å². The van der Waals surface area contributed by atoms with E-state index in [0.29, 0.717) is 52.1 Å². The van der Waals surface area contributed by atoms with Crippen LogP contribution in [0.25, 0.3) is 0 Å². The number of benzene rings is 1. The standard InChI is InChI=1S/C22H32FN3O4S/c1-22(2,3)30-21(27)25-11-8-18(9-12-25)10-17-31(28,29)26-15-13-24(14-16-26)20-6-4-19(23)5-7-20/h4-7,10,17-18H,8-9,11-16H2,1-3H3/b17-10+. The summed E-state index contributed by atoms with van der Waals surface area (Å²) in [6, 6.07) is 6.25. The molecule has 0 radical (unpaired) electrons. The Bertz CT molecular complexity index is 880. The molecule has 1 aromatic carbocycles. The third-order valence-electron chi connectivity index (χ3n) is 5.50. The lowest BCUT2D eigenvalue weighted by Crippen LogP contribution is -2.48. The molecule has 0 saturated carbocycles. The van der Waals surface area contributed by atoms with Crippen molar-refractivity contribution in [1.82, 2.24) is 9.21 Å². The number of likely N-dealkylation sites (tertiary alicyclic amines) is 1. The normalized spacial score (nSPS) is 19.7. The number of nitrogens with zero attached hydrogens (tertiary/aromatic N) is 3. The number of anilines is 1. The van der Waals surface area contributed by atoms with Gasteiger partial charge in [0.1, 0.15) is 11.4 Å². The van der Waals surface area contributed by atoms with Crippen LogP contribution in [0.5, 0.6) is 0 Å². The molecule has 9 heteroatoms. The molecule has 2 saturated heterocycles. The fourth-order valence-electron chi connectivity index (χ4n) is 3.75. The van der Waals surface area contributed by atoms with Gasteiger partial charge in [0.05, 0.1) is 0 Å². The number of rotatable bonds is 4. The summed E-state index contributed by atoms with van der Waals surface area (Å²) in [4.78, 5) is 15.9. The van der Waals surface area contributed by atoms with E-state index in [1.165, 1.54) is 21.8 Å². The lowest BCUT2D eigenvalue weighted by Gasteiger charge is -2.35. The number of carbonyl (C=O) groups is 1. The quantitative estimate of drug-likeness (QED) is 0.699. The SMILES string of the molecule is CC(C)(C)OC(=O)N1CCC(/C=C/S(=O)(=O)N2CCN(c3ccc(F)cc3)CC2)CC1. The third kappa shape index (κ3) is 6.67. The molecule has 0 aliphatic carbocycles. The van der Waals surface area contributed by atoms with Gasteiger partial charge in [0.15, 0.2) is 0 Å². The number of hydrogen-bond donors (Lipinski definition) is 0. The number of hydrogen-bond acceptors (Lipinski definition) is 5. The van der Waals surface area contributed by atoms with E-state index in [-0.39, 0.29) is 17.8 Å². The smallest absolute Gasteiger partial charge is 0.410 e. The van der Waals surface area contributed by atoms with Crippen LogP contribution in [0, 0.1) is 11.7 Å². The van der Waals surface area contributed by atoms with E-state index in [1.54, 1.807) is 23.1 Å². The summed E-state index contributed by atoms with van der Waals surface area (Å²) in [5, 5.41) is 1.31. The number of halogens is 1. The van der Waals surface area contributed by atoms with Crippen LogP contribution in [0.2, 0.25) is 0 Å². The second-order valence-electron chi connectivity index (χ2n) is 9.04. The Balaban J connectivity index is 1.48. The molecular formula is C22H32FN3O4S. The molecule has 1 aromatic rings. The Kier molecular flexibility index (Phi) is 7.26. The van der Waals surface area contributed by atoms with Crippen LogP contribution in [-0.4, -0.2) is 68.6 Å². The second kappa shape index (κ2) is 9.56. The van der Waals surface area contributed by atoms with Crippen molar-refractivity contribution >= 4 is 21.8 Å². The summed E-state index contributed by atoms with van der Waals surface area (Å²) in [5.74, 6) is -0.166. The van der Waals surface area contributed by atoms with E-state index in [9.17, 15) is 17.6 Å². The van der Waals surface area contributed by atoms with E-state index >= 15 is 0 Å². The number of sulfonamides is 1.